The number of pyridine rings is 1. The summed E-state index contributed by atoms with van der Waals surface area (Å²) < 4.78 is 2.01. The summed E-state index contributed by atoms with van der Waals surface area (Å²) in [5.74, 6) is 0.209. The van der Waals surface area contributed by atoms with Crippen molar-refractivity contribution in [2.45, 2.75) is 25.8 Å². The lowest BCUT2D eigenvalue weighted by Crippen LogP contribution is -2.36. The molecule has 1 aliphatic heterocycles. The van der Waals surface area contributed by atoms with E-state index in [1.807, 2.05) is 41.2 Å². The molecule has 2 aromatic heterocycles. The summed E-state index contributed by atoms with van der Waals surface area (Å²) in [6.07, 6.45) is 7.55. The number of aromatic nitrogens is 3. The Morgan fingerprint density at radius 1 is 1.45 bits per heavy atom. The molecule has 0 saturated heterocycles. The van der Waals surface area contributed by atoms with Crippen LogP contribution in [-0.2, 0) is 31.2 Å². The minimum atomic E-state index is 0.209. The van der Waals surface area contributed by atoms with Crippen molar-refractivity contribution in [3.05, 3.63) is 47.8 Å². The molecule has 5 heteroatoms. The average molecular weight is 270 g/mol. The number of carbonyl (C=O) groups excluding carboxylic acids is 1. The Labute approximate surface area is 118 Å². The fourth-order valence-electron chi connectivity index (χ4n) is 2.58. The van der Waals surface area contributed by atoms with Gasteiger partial charge in [0.15, 0.2) is 0 Å². The highest BCUT2D eigenvalue weighted by atomic mass is 16.2. The van der Waals surface area contributed by atoms with Crippen LogP contribution in [-0.4, -0.2) is 31.9 Å². The molecule has 0 bridgehead atoms. The molecule has 3 heterocycles. The van der Waals surface area contributed by atoms with Gasteiger partial charge < -0.3 is 9.47 Å². The van der Waals surface area contributed by atoms with E-state index in [2.05, 4.69) is 9.97 Å². The zero-order chi connectivity index (χ0) is 13.9. The molecule has 5 nitrogen and oxygen atoms in total. The normalized spacial score (nSPS) is 14.2. The van der Waals surface area contributed by atoms with Gasteiger partial charge in [0, 0.05) is 38.8 Å². The Morgan fingerprint density at radius 2 is 2.35 bits per heavy atom. The summed E-state index contributed by atoms with van der Waals surface area (Å²) in [7, 11) is 1.98. The molecule has 0 aromatic carbocycles. The topological polar surface area (TPSA) is 51.0 Å². The van der Waals surface area contributed by atoms with Gasteiger partial charge in [0.1, 0.15) is 0 Å². The van der Waals surface area contributed by atoms with Crippen molar-refractivity contribution in [3.8, 4) is 0 Å². The summed E-state index contributed by atoms with van der Waals surface area (Å²) in [6, 6.07) is 3.92. The summed E-state index contributed by atoms with van der Waals surface area (Å²) in [5.41, 5.74) is 3.40. The van der Waals surface area contributed by atoms with Gasteiger partial charge in [-0.1, -0.05) is 6.07 Å². The minimum absolute atomic E-state index is 0.209. The van der Waals surface area contributed by atoms with Crippen LogP contribution >= 0.6 is 0 Å². The third-order valence-electron chi connectivity index (χ3n) is 3.81. The second-order valence-electron chi connectivity index (χ2n) is 5.18. The van der Waals surface area contributed by atoms with Crippen molar-refractivity contribution in [3.63, 3.8) is 0 Å². The molecule has 2 aromatic rings. The van der Waals surface area contributed by atoms with Gasteiger partial charge in [0.05, 0.1) is 24.3 Å². The molecule has 20 heavy (non-hydrogen) atoms. The van der Waals surface area contributed by atoms with Crippen LogP contribution in [0.3, 0.4) is 0 Å². The first-order chi connectivity index (χ1) is 9.74. The van der Waals surface area contributed by atoms with Crippen LogP contribution in [0.4, 0.5) is 0 Å². The van der Waals surface area contributed by atoms with E-state index < -0.39 is 0 Å². The van der Waals surface area contributed by atoms with Crippen molar-refractivity contribution in [1.29, 1.82) is 0 Å². The number of nitrogens with zero attached hydrogens (tertiary/aromatic N) is 4. The first-order valence-corrected chi connectivity index (χ1v) is 6.90. The molecule has 0 fully saturated rings. The first-order valence-electron chi connectivity index (χ1n) is 6.90. The molecule has 0 spiro atoms. The predicted molar refractivity (Wildman–Crippen MR) is 74.9 cm³/mol. The van der Waals surface area contributed by atoms with E-state index in [1.165, 1.54) is 0 Å². The number of rotatable bonds is 3. The summed E-state index contributed by atoms with van der Waals surface area (Å²) in [4.78, 5) is 22.7. The van der Waals surface area contributed by atoms with Gasteiger partial charge in [-0.15, -0.1) is 0 Å². The van der Waals surface area contributed by atoms with Crippen LogP contribution in [0.5, 0.6) is 0 Å². The summed E-state index contributed by atoms with van der Waals surface area (Å²) in [6.45, 7) is 1.45. The van der Waals surface area contributed by atoms with Crippen molar-refractivity contribution in [1.82, 2.24) is 19.4 Å². The maximum atomic E-state index is 12.3. The fourth-order valence-corrected chi connectivity index (χ4v) is 2.58. The van der Waals surface area contributed by atoms with Gasteiger partial charge in [0.25, 0.3) is 0 Å². The highest BCUT2D eigenvalue weighted by molar-refractivity contribution is 5.76. The van der Waals surface area contributed by atoms with E-state index >= 15 is 0 Å². The summed E-state index contributed by atoms with van der Waals surface area (Å²) in [5, 5.41) is 0. The molecule has 0 atom stereocenters. The van der Waals surface area contributed by atoms with Crippen LogP contribution in [0, 0.1) is 0 Å². The number of carbonyl (C=O) groups is 1. The molecule has 0 N–H and O–H groups in total. The quantitative estimate of drug-likeness (QED) is 0.845. The SMILES string of the molecule is Cn1cnc2c1CN(C(=O)CCc1cccnc1)CC2. The molecule has 0 radical (unpaired) electrons. The van der Waals surface area contributed by atoms with Gasteiger partial charge in [0.2, 0.25) is 5.91 Å². The summed E-state index contributed by atoms with van der Waals surface area (Å²) >= 11 is 0. The molecule has 3 rings (SSSR count). The zero-order valence-corrected chi connectivity index (χ0v) is 11.6. The fraction of sp³-hybridized carbons (Fsp3) is 0.400. The van der Waals surface area contributed by atoms with Crippen LogP contribution in [0.1, 0.15) is 23.4 Å². The van der Waals surface area contributed by atoms with Crippen LogP contribution in [0.2, 0.25) is 0 Å². The molecular weight excluding hydrogens is 252 g/mol. The number of fused-ring (bicyclic) bond motifs is 1. The number of hydrogen-bond acceptors (Lipinski definition) is 3. The average Bonchev–Trinajstić information content (AvgIpc) is 2.87. The molecular formula is C15H18N4O. The number of hydrogen-bond donors (Lipinski definition) is 0. The van der Waals surface area contributed by atoms with E-state index in [4.69, 9.17) is 0 Å². The van der Waals surface area contributed by atoms with Crippen molar-refractivity contribution >= 4 is 5.91 Å². The van der Waals surface area contributed by atoms with Crippen LogP contribution in [0.25, 0.3) is 0 Å². The Bertz CT molecular complexity index is 606. The largest absolute Gasteiger partial charge is 0.336 e. The molecule has 1 amide bonds. The highest BCUT2D eigenvalue weighted by Crippen LogP contribution is 2.18. The van der Waals surface area contributed by atoms with Gasteiger partial charge in [-0.25, -0.2) is 4.98 Å². The third-order valence-corrected chi connectivity index (χ3v) is 3.81. The molecule has 0 aliphatic carbocycles. The first kappa shape index (κ1) is 12.8. The number of aryl methyl sites for hydroxylation is 2. The second-order valence-corrected chi connectivity index (χ2v) is 5.18. The van der Waals surface area contributed by atoms with Crippen molar-refractivity contribution in [2.75, 3.05) is 6.54 Å². The van der Waals surface area contributed by atoms with Crippen molar-refractivity contribution < 1.29 is 4.79 Å². The predicted octanol–water partition coefficient (Wildman–Crippen LogP) is 1.33. The van der Waals surface area contributed by atoms with Gasteiger partial charge >= 0.3 is 0 Å². The van der Waals surface area contributed by atoms with Gasteiger partial charge in [-0.2, -0.15) is 0 Å². The van der Waals surface area contributed by atoms with E-state index in [0.29, 0.717) is 13.0 Å². The minimum Gasteiger partial charge on any atom is -0.336 e. The molecule has 0 unspecified atom stereocenters. The molecule has 0 saturated carbocycles. The Hall–Kier alpha value is -2.17. The maximum absolute atomic E-state index is 12.3. The van der Waals surface area contributed by atoms with E-state index in [0.717, 1.165) is 36.3 Å². The molecule has 104 valence electrons. The smallest absolute Gasteiger partial charge is 0.223 e. The lowest BCUT2D eigenvalue weighted by Gasteiger charge is -2.27. The van der Waals surface area contributed by atoms with Crippen molar-refractivity contribution in [2.24, 2.45) is 7.05 Å². The van der Waals surface area contributed by atoms with E-state index in [-0.39, 0.29) is 5.91 Å². The maximum Gasteiger partial charge on any atom is 0.223 e. The monoisotopic (exact) mass is 270 g/mol. The van der Waals surface area contributed by atoms with Crippen LogP contribution in [0.15, 0.2) is 30.9 Å². The second kappa shape index (κ2) is 5.45. The van der Waals surface area contributed by atoms with Gasteiger partial charge in [-0.3, -0.25) is 9.78 Å². The van der Waals surface area contributed by atoms with Gasteiger partial charge in [-0.05, 0) is 18.1 Å². The highest BCUT2D eigenvalue weighted by Gasteiger charge is 2.23. The molecule has 1 aliphatic rings. The Balaban J connectivity index is 1.60. The van der Waals surface area contributed by atoms with E-state index in [9.17, 15) is 4.79 Å². The lowest BCUT2D eigenvalue weighted by atomic mass is 10.1. The zero-order valence-electron chi connectivity index (χ0n) is 11.6. The number of amides is 1. The standard InChI is InChI=1S/C15H18N4O/c1-18-11-17-13-6-8-19(10-14(13)18)15(20)5-4-12-3-2-7-16-9-12/h2-3,7,9,11H,4-6,8,10H2,1H3. The van der Waals surface area contributed by atoms with Crippen LogP contribution < -0.4 is 0 Å². The third kappa shape index (κ3) is 2.57. The Morgan fingerprint density at radius 3 is 3.15 bits per heavy atom. The van der Waals surface area contributed by atoms with E-state index in [1.54, 1.807) is 6.20 Å². The number of imidazole rings is 1. The lowest BCUT2D eigenvalue weighted by molar-refractivity contribution is -0.132. The Kier molecular flexibility index (Phi) is 3.50.